The van der Waals surface area contributed by atoms with Gasteiger partial charge in [0, 0.05) is 13.1 Å². The van der Waals surface area contributed by atoms with Crippen molar-refractivity contribution in [3.8, 4) is 0 Å². The fourth-order valence-electron chi connectivity index (χ4n) is 3.44. The lowest BCUT2D eigenvalue weighted by atomic mass is 10.1. The Morgan fingerprint density at radius 1 is 1.28 bits per heavy atom. The molecule has 0 aliphatic carbocycles. The molecule has 0 saturated carbocycles. The maximum absolute atomic E-state index is 11.4. The molecule has 1 amide bonds. The van der Waals surface area contributed by atoms with Gasteiger partial charge < -0.3 is 10.6 Å². The van der Waals surface area contributed by atoms with Crippen molar-refractivity contribution in [1.29, 1.82) is 0 Å². The van der Waals surface area contributed by atoms with Crippen molar-refractivity contribution in [3.05, 3.63) is 0 Å². The molecule has 2 rings (SSSR count). The smallest absolute Gasteiger partial charge is 0.234 e. The van der Waals surface area contributed by atoms with Crippen LogP contribution in [0.4, 0.5) is 0 Å². The van der Waals surface area contributed by atoms with Crippen molar-refractivity contribution in [2.45, 2.75) is 45.1 Å². The molecule has 18 heavy (non-hydrogen) atoms. The van der Waals surface area contributed by atoms with E-state index in [4.69, 9.17) is 5.73 Å². The highest BCUT2D eigenvalue weighted by Gasteiger charge is 2.31. The summed E-state index contributed by atoms with van der Waals surface area (Å²) in [7, 11) is 0. The Labute approximate surface area is 110 Å². The van der Waals surface area contributed by atoms with Crippen molar-refractivity contribution in [2.24, 2.45) is 11.7 Å². The maximum atomic E-state index is 11.4. The van der Waals surface area contributed by atoms with Crippen molar-refractivity contribution in [1.82, 2.24) is 9.80 Å². The number of piperidine rings is 1. The summed E-state index contributed by atoms with van der Waals surface area (Å²) in [5.41, 5.74) is 5.47. The number of carbonyl (C=O) groups excluding carboxylic acids is 1. The van der Waals surface area contributed by atoms with Crippen molar-refractivity contribution in [2.75, 3.05) is 32.7 Å². The largest absolute Gasteiger partial charge is 0.368 e. The van der Waals surface area contributed by atoms with Crippen LogP contribution in [-0.4, -0.2) is 54.5 Å². The van der Waals surface area contributed by atoms with Gasteiger partial charge in [-0.15, -0.1) is 0 Å². The zero-order chi connectivity index (χ0) is 13.0. The summed E-state index contributed by atoms with van der Waals surface area (Å²) in [6, 6.07) is -0.0450. The fraction of sp³-hybridized carbons (Fsp3) is 0.929. The van der Waals surface area contributed by atoms with E-state index >= 15 is 0 Å². The number of hydrogen-bond acceptors (Lipinski definition) is 3. The number of hydrogen-bond donors (Lipinski definition) is 1. The van der Waals surface area contributed by atoms with E-state index in [1.165, 1.54) is 45.3 Å². The van der Waals surface area contributed by atoms with E-state index in [0.29, 0.717) is 0 Å². The fourth-order valence-corrected chi connectivity index (χ4v) is 3.44. The first-order chi connectivity index (χ1) is 8.70. The molecule has 2 aliphatic heterocycles. The summed E-state index contributed by atoms with van der Waals surface area (Å²) in [5, 5.41) is 0. The van der Waals surface area contributed by atoms with Gasteiger partial charge >= 0.3 is 0 Å². The zero-order valence-corrected chi connectivity index (χ0v) is 11.6. The van der Waals surface area contributed by atoms with E-state index in [1.54, 1.807) is 0 Å². The number of amides is 1. The molecule has 2 heterocycles. The Bertz CT molecular complexity index is 276. The van der Waals surface area contributed by atoms with Crippen molar-refractivity contribution >= 4 is 5.91 Å². The van der Waals surface area contributed by atoms with Crippen LogP contribution < -0.4 is 5.73 Å². The third-order valence-corrected chi connectivity index (χ3v) is 4.44. The number of carbonyl (C=O) groups is 1. The minimum Gasteiger partial charge on any atom is -0.368 e. The average molecular weight is 253 g/mol. The van der Waals surface area contributed by atoms with Crippen LogP contribution in [0.15, 0.2) is 0 Å². The van der Waals surface area contributed by atoms with Gasteiger partial charge in [-0.1, -0.05) is 13.3 Å². The molecule has 4 nitrogen and oxygen atoms in total. The van der Waals surface area contributed by atoms with Crippen LogP contribution in [0.2, 0.25) is 0 Å². The van der Waals surface area contributed by atoms with Gasteiger partial charge in [0.2, 0.25) is 5.91 Å². The molecule has 0 aromatic heterocycles. The second-order valence-electron chi connectivity index (χ2n) is 5.84. The standard InChI is InChI=1S/C14H27N3O/c1-2-13(14(15)18)17-9-6-12(11-17)10-16-7-4-3-5-8-16/h12-13H,2-11H2,1H3,(H2,15,18)/t12-,13+/m1/s1. The molecule has 0 aromatic carbocycles. The molecule has 0 radical (unpaired) electrons. The second-order valence-corrected chi connectivity index (χ2v) is 5.84. The van der Waals surface area contributed by atoms with Gasteiger partial charge in [0.25, 0.3) is 0 Å². The van der Waals surface area contributed by atoms with Crippen molar-refractivity contribution < 1.29 is 4.79 Å². The van der Waals surface area contributed by atoms with Crippen LogP contribution in [0.1, 0.15) is 39.0 Å². The highest BCUT2D eigenvalue weighted by Crippen LogP contribution is 2.22. The van der Waals surface area contributed by atoms with E-state index in [1.807, 2.05) is 6.92 Å². The molecule has 2 saturated heterocycles. The lowest BCUT2D eigenvalue weighted by Crippen LogP contribution is -2.43. The highest BCUT2D eigenvalue weighted by molar-refractivity contribution is 5.79. The highest BCUT2D eigenvalue weighted by atomic mass is 16.1. The molecule has 4 heteroatoms. The Morgan fingerprint density at radius 3 is 2.61 bits per heavy atom. The summed E-state index contributed by atoms with van der Waals surface area (Å²) in [5.74, 6) is 0.577. The summed E-state index contributed by atoms with van der Waals surface area (Å²) < 4.78 is 0. The van der Waals surface area contributed by atoms with Gasteiger partial charge in [-0.2, -0.15) is 0 Å². The first-order valence-electron chi connectivity index (χ1n) is 7.46. The third kappa shape index (κ3) is 3.45. The minimum atomic E-state index is -0.156. The summed E-state index contributed by atoms with van der Waals surface area (Å²) >= 11 is 0. The van der Waals surface area contributed by atoms with Crippen LogP contribution in [-0.2, 0) is 4.79 Å². The van der Waals surface area contributed by atoms with Gasteiger partial charge in [-0.05, 0) is 51.2 Å². The molecular weight excluding hydrogens is 226 g/mol. The number of likely N-dealkylation sites (tertiary alicyclic amines) is 2. The van der Waals surface area contributed by atoms with Crippen LogP contribution in [0, 0.1) is 5.92 Å². The third-order valence-electron chi connectivity index (χ3n) is 4.44. The van der Waals surface area contributed by atoms with Gasteiger partial charge in [0.15, 0.2) is 0 Å². The molecule has 104 valence electrons. The maximum Gasteiger partial charge on any atom is 0.234 e. The van der Waals surface area contributed by atoms with E-state index in [-0.39, 0.29) is 11.9 Å². The monoisotopic (exact) mass is 253 g/mol. The average Bonchev–Trinajstić information content (AvgIpc) is 2.79. The molecule has 2 atom stereocenters. The number of nitrogens with two attached hydrogens (primary N) is 1. The summed E-state index contributed by atoms with van der Waals surface area (Å²) in [6.07, 6.45) is 6.17. The van der Waals surface area contributed by atoms with E-state index < -0.39 is 0 Å². The van der Waals surface area contributed by atoms with Crippen LogP contribution >= 0.6 is 0 Å². The molecule has 2 fully saturated rings. The Morgan fingerprint density at radius 2 is 2.00 bits per heavy atom. The lowest BCUT2D eigenvalue weighted by molar-refractivity contribution is -0.123. The Hall–Kier alpha value is -0.610. The molecule has 0 unspecified atom stereocenters. The van der Waals surface area contributed by atoms with E-state index in [2.05, 4.69) is 9.80 Å². The zero-order valence-electron chi connectivity index (χ0n) is 11.6. The van der Waals surface area contributed by atoms with Gasteiger partial charge in [0.1, 0.15) is 0 Å². The summed E-state index contributed by atoms with van der Waals surface area (Å²) in [6.45, 7) is 7.89. The van der Waals surface area contributed by atoms with Crippen LogP contribution in [0.25, 0.3) is 0 Å². The molecule has 2 aliphatic rings. The SMILES string of the molecule is CC[C@@H](C(N)=O)N1CC[C@H](CN2CCCCC2)C1. The first kappa shape index (κ1) is 13.8. The van der Waals surface area contributed by atoms with Crippen molar-refractivity contribution in [3.63, 3.8) is 0 Å². The first-order valence-corrected chi connectivity index (χ1v) is 7.46. The van der Waals surface area contributed by atoms with Gasteiger partial charge in [-0.25, -0.2) is 0 Å². The molecular formula is C14H27N3O. The van der Waals surface area contributed by atoms with Crippen LogP contribution in [0.3, 0.4) is 0 Å². The second kappa shape index (κ2) is 6.53. The molecule has 0 aromatic rings. The predicted octanol–water partition coefficient (Wildman–Crippen LogP) is 1.06. The minimum absolute atomic E-state index is 0.0450. The van der Waals surface area contributed by atoms with E-state index in [0.717, 1.165) is 25.4 Å². The lowest BCUT2D eigenvalue weighted by Gasteiger charge is -2.29. The Balaban J connectivity index is 1.78. The molecule has 2 N–H and O–H groups in total. The Kier molecular flexibility index (Phi) is 5.01. The summed E-state index contributed by atoms with van der Waals surface area (Å²) in [4.78, 5) is 16.3. The number of rotatable bonds is 5. The normalized spacial score (nSPS) is 28.4. The van der Waals surface area contributed by atoms with E-state index in [9.17, 15) is 4.79 Å². The van der Waals surface area contributed by atoms with Gasteiger partial charge in [-0.3, -0.25) is 9.69 Å². The number of nitrogens with zero attached hydrogens (tertiary/aromatic N) is 2. The quantitative estimate of drug-likeness (QED) is 0.797. The molecule has 0 spiro atoms. The van der Waals surface area contributed by atoms with Gasteiger partial charge in [0.05, 0.1) is 6.04 Å². The van der Waals surface area contributed by atoms with Crippen LogP contribution in [0.5, 0.6) is 0 Å². The predicted molar refractivity (Wildman–Crippen MR) is 73.2 cm³/mol. The number of primary amides is 1. The topological polar surface area (TPSA) is 49.6 Å². The molecule has 0 bridgehead atoms.